The van der Waals surface area contributed by atoms with Crippen LogP contribution in [-0.2, 0) is 64.1 Å². The van der Waals surface area contributed by atoms with Gasteiger partial charge in [-0.25, -0.2) is 19.7 Å². The molecule has 0 saturated carbocycles. The molecule has 0 spiro atoms. The van der Waals surface area contributed by atoms with Crippen molar-refractivity contribution in [2.75, 3.05) is 19.6 Å². The van der Waals surface area contributed by atoms with Crippen LogP contribution in [0.3, 0.4) is 0 Å². The van der Waals surface area contributed by atoms with Crippen molar-refractivity contribution >= 4 is 27.9 Å². The van der Waals surface area contributed by atoms with Crippen LogP contribution in [0.4, 0.5) is 4.79 Å². The third-order valence-electron chi connectivity index (χ3n) is 20.6. The number of carbonyl (C=O) groups is 2. The predicted octanol–water partition coefficient (Wildman–Crippen LogP) is 21.1. The summed E-state index contributed by atoms with van der Waals surface area (Å²) in [6.45, 7) is 28.0. The molecule has 0 radical (unpaired) electrons. The first-order chi connectivity index (χ1) is 52.4. The number of piperazine rings is 1. The lowest BCUT2D eigenvalue weighted by molar-refractivity contribution is -0.136. The smallest absolute Gasteiger partial charge is 0.410 e. The second kappa shape index (κ2) is 38.1. The van der Waals surface area contributed by atoms with E-state index in [9.17, 15) is 14.7 Å². The molecular weight excluding hydrogens is 1460 g/mol. The average molecular weight is 1560 g/mol. The van der Waals surface area contributed by atoms with Gasteiger partial charge in [0.25, 0.3) is 0 Å². The number of ether oxygens (including phenoxy) is 4. The zero-order valence-electron chi connectivity index (χ0n) is 64.2. The minimum absolute atomic E-state index is 0. The highest BCUT2D eigenvalue weighted by atomic mass is 79.9. The van der Waals surface area contributed by atoms with Crippen LogP contribution in [0.2, 0.25) is 0 Å². The fourth-order valence-corrected chi connectivity index (χ4v) is 13.3. The third-order valence-corrected chi connectivity index (χ3v) is 21.2. The molecule has 1 fully saturated rings. The molecule has 580 valence electrons. The molecule has 0 aliphatic carbocycles. The maximum atomic E-state index is 12.8. The second-order valence-corrected chi connectivity index (χ2v) is 30.2. The highest BCUT2D eigenvalue weighted by molar-refractivity contribution is 9.08. The number of hydrogen-bond donors (Lipinski definition) is 1. The minimum atomic E-state index is -0.609. The Labute approximate surface area is 662 Å². The van der Waals surface area contributed by atoms with E-state index < -0.39 is 11.7 Å². The molecule has 18 nitrogen and oxygen atoms in total. The van der Waals surface area contributed by atoms with Crippen molar-refractivity contribution in [3.05, 3.63) is 305 Å². The zero-order chi connectivity index (χ0) is 77.3. The lowest BCUT2D eigenvalue weighted by Crippen LogP contribution is -2.52. The first kappa shape index (κ1) is 84.0. The van der Waals surface area contributed by atoms with Crippen LogP contribution in [0.15, 0.2) is 251 Å². The molecular formula is C92H105BrN8O10. The molecule has 2 amide bonds. The van der Waals surface area contributed by atoms with Crippen LogP contribution in [0, 0.1) is 17.8 Å². The van der Waals surface area contributed by atoms with E-state index in [4.69, 9.17) is 32.2 Å². The summed E-state index contributed by atoms with van der Waals surface area (Å²) in [5, 5.41) is 9.89. The number of halogens is 1. The second-order valence-electron chi connectivity index (χ2n) is 29.6. The van der Waals surface area contributed by atoms with Gasteiger partial charge in [-0.15, -0.1) is 0 Å². The van der Waals surface area contributed by atoms with Gasteiger partial charge in [-0.3, -0.25) is 24.6 Å². The Balaban J connectivity index is 0.000000194. The van der Waals surface area contributed by atoms with Gasteiger partial charge in [0.15, 0.2) is 0 Å². The van der Waals surface area contributed by atoms with Crippen LogP contribution in [0.25, 0.3) is 34.4 Å². The Bertz CT molecular complexity index is 4650. The van der Waals surface area contributed by atoms with Crippen molar-refractivity contribution in [3.63, 3.8) is 0 Å². The molecule has 1 aliphatic rings. The van der Waals surface area contributed by atoms with Crippen molar-refractivity contribution < 1.29 is 46.9 Å². The molecule has 1 saturated heterocycles. The number of alkyl halides is 1. The Hall–Kier alpha value is -11.0. The summed E-state index contributed by atoms with van der Waals surface area (Å²) >= 11 is 3.41. The molecule has 6 aromatic carbocycles. The summed E-state index contributed by atoms with van der Waals surface area (Å²) in [6.07, 6.45) is 9.61. The third kappa shape index (κ3) is 20.9. The fourth-order valence-electron chi connectivity index (χ4n) is 13.1. The first-order valence-corrected chi connectivity index (χ1v) is 38.0. The highest BCUT2D eigenvalue weighted by Gasteiger charge is 2.36. The summed E-state index contributed by atoms with van der Waals surface area (Å²) in [6, 6.07) is 67.7. The van der Waals surface area contributed by atoms with E-state index >= 15 is 0 Å². The summed E-state index contributed by atoms with van der Waals surface area (Å²) in [5.41, 5.74) is 13.7. The van der Waals surface area contributed by atoms with Crippen LogP contribution < -0.4 is 14.2 Å². The van der Waals surface area contributed by atoms with Gasteiger partial charge in [-0.2, -0.15) is 0 Å². The van der Waals surface area contributed by atoms with Crippen molar-refractivity contribution in [1.82, 2.24) is 39.7 Å². The molecule has 13 rings (SSSR count). The molecule has 1 N–H and O–H groups in total. The van der Waals surface area contributed by atoms with Gasteiger partial charge in [0.1, 0.15) is 73.7 Å². The number of aliphatic hydroxyl groups excluding tert-OH is 1. The van der Waals surface area contributed by atoms with Gasteiger partial charge < -0.3 is 42.2 Å². The van der Waals surface area contributed by atoms with Gasteiger partial charge in [0.2, 0.25) is 23.6 Å². The number of carbonyl (C=O) groups excluding carboxylic acids is 2. The molecule has 12 aromatic rings. The standard InChI is InChI=1S/C36H42N4O5.C27H27BrN2O2.C27H28N2O3.2CH4/c1-25(2)36(6,28-14-16-31(17-15-28)43-23-29-9-7-8-18-37-29)27-12-10-26(11-13-27)33-38-30(24-44-33)21-39-19-20-40(22-32(39)41)34(42)45-35(3,4)5;1-19(2)27(3,21-9-7-20(8-10-21)26-30-24(16-28)18-32-26)22-11-13-25(14-12-22)31-17-23-6-4-5-15-29-23;1-19(2)27(3,21-9-7-20(8-10-21)26-29-24(16-30)18-32-26)22-11-13-25(14-12-22)31-17-23-6-4-5-15-28-23;;/h7-18,24-25H,19-23H2,1-6H3;4-15,18-19H,16-17H2,1-3H3;4-15,18-19,30H,16-17H2,1-3H3;2*1H4. The van der Waals surface area contributed by atoms with E-state index in [1.54, 1.807) is 36.0 Å². The SMILES string of the molecule is C.C.CC(C)C(C)(c1ccc(OCc2ccccn2)cc1)c1ccc(-c2nc(CBr)co2)cc1.CC(C)C(C)(c1ccc(OCc2ccccn2)cc1)c1ccc(-c2nc(CN3CCN(C(=O)OC(C)(C)C)CC3=O)co2)cc1.CC(C)C(C)(c1ccc(OCc2ccccn2)cc1)c1ccc(-c2nc(CO)co2)cc1. The van der Waals surface area contributed by atoms with Crippen LogP contribution >= 0.6 is 15.9 Å². The highest BCUT2D eigenvalue weighted by Crippen LogP contribution is 2.44. The zero-order valence-corrected chi connectivity index (χ0v) is 65.8. The molecule has 7 heterocycles. The van der Waals surface area contributed by atoms with Gasteiger partial charge >= 0.3 is 6.09 Å². The number of hydrogen-bond acceptors (Lipinski definition) is 16. The molecule has 19 heteroatoms. The Morgan fingerprint density at radius 1 is 0.441 bits per heavy atom. The Kier molecular flexibility index (Phi) is 28.8. The molecule has 6 aromatic heterocycles. The van der Waals surface area contributed by atoms with E-state index in [0.29, 0.717) is 91.6 Å². The van der Waals surface area contributed by atoms with Gasteiger partial charge in [0.05, 0.1) is 41.6 Å². The number of pyridine rings is 3. The van der Waals surface area contributed by atoms with Gasteiger partial charge in [0, 0.05) is 69.9 Å². The molecule has 111 heavy (non-hydrogen) atoms. The fraction of sp³-hybridized carbons (Fsp3) is 0.326. The quantitative estimate of drug-likeness (QED) is 0.0527. The van der Waals surface area contributed by atoms with Crippen molar-refractivity contribution in [1.29, 1.82) is 0 Å². The summed E-state index contributed by atoms with van der Waals surface area (Å²) in [4.78, 5) is 54.7. The van der Waals surface area contributed by atoms with Gasteiger partial charge in [-0.1, -0.05) is 184 Å². The van der Waals surface area contributed by atoms with E-state index in [0.717, 1.165) is 56.7 Å². The van der Waals surface area contributed by atoms with Crippen molar-refractivity contribution in [2.24, 2.45) is 17.8 Å². The topological polar surface area (TPSA) is 215 Å². The normalized spacial score (nSPS) is 13.8. The van der Waals surface area contributed by atoms with Crippen molar-refractivity contribution in [3.8, 4) is 51.6 Å². The minimum Gasteiger partial charge on any atom is -0.487 e. The van der Waals surface area contributed by atoms with Crippen LogP contribution in [0.5, 0.6) is 17.2 Å². The largest absolute Gasteiger partial charge is 0.487 e. The number of benzene rings is 6. The maximum Gasteiger partial charge on any atom is 0.410 e. The predicted molar refractivity (Wildman–Crippen MR) is 440 cm³/mol. The first-order valence-electron chi connectivity index (χ1n) is 36.9. The molecule has 3 atom stereocenters. The number of aromatic nitrogens is 6. The van der Waals surface area contributed by atoms with Crippen molar-refractivity contribution in [2.45, 2.75) is 158 Å². The Morgan fingerprint density at radius 3 is 1.04 bits per heavy atom. The monoisotopic (exact) mass is 1560 g/mol. The molecule has 3 unspecified atom stereocenters. The lowest BCUT2D eigenvalue weighted by Gasteiger charge is -2.35. The number of amides is 2. The molecule has 0 bridgehead atoms. The summed E-state index contributed by atoms with van der Waals surface area (Å²) in [5.74, 6) is 5.07. The number of rotatable bonds is 25. The summed E-state index contributed by atoms with van der Waals surface area (Å²) in [7, 11) is 0. The average Bonchev–Trinajstić information content (AvgIpc) is 1.13. The summed E-state index contributed by atoms with van der Waals surface area (Å²) < 4.78 is 40.1. The molecule has 1 aliphatic heterocycles. The number of oxazole rings is 3. The van der Waals surface area contributed by atoms with E-state index in [-0.39, 0.29) is 50.2 Å². The lowest BCUT2D eigenvalue weighted by atomic mass is 9.68. The maximum absolute atomic E-state index is 12.8. The number of aliphatic hydroxyl groups is 1. The van der Waals surface area contributed by atoms with E-state index in [1.165, 1.54) is 44.5 Å². The Morgan fingerprint density at radius 2 is 0.757 bits per heavy atom. The van der Waals surface area contributed by atoms with Gasteiger partial charge in [-0.05, 0) is 181 Å². The number of nitrogens with zero attached hydrogens (tertiary/aromatic N) is 8. The van der Waals surface area contributed by atoms with Crippen LogP contribution in [-0.4, -0.2) is 82.0 Å². The van der Waals surface area contributed by atoms with E-state index in [2.05, 4.69) is 193 Å². The van der Waals surface area contributed by atoms with E-state index in [1.807, 2.05) is 136 Å². The van der Waals surface area contributed by atoms with Crippen LogP contribution in [0.1, 0.15) is 165 Å².